The van der Waals surface area contributed by atoms with Crippen molar-refractivity contribution < 1.29 is 22.7 Å². The maximum atomic E-state index is 14.0. The number of nitrogen functional groups attached to an aromatic ring is 1. The molecule has 0 atom stereocenters. The van der Waals surface area contributed by atoms with E-state index in [1.165, 1.54) is 0 Å². The minimum atomic E-state index is -4.03. The maximum Gasteiger partial charge on any atom is 0.412 e. The SMILES string of the molecule is CC(C)(C)NS(=O)(=O)c1cc(N(c2cccc(C(=N)N)c2)C2(CC(=O)OC(N)=O)CCCCC2)ccc1-c1ccccc1. The molecule has 1 aliphatic rings. The molecular formula is C32H39N5O5S. The van der Waals surface area contributed by atoms with Crippen LogP contribution in [0.2, 0.25) is 0 Å². The summed E-state index contributed by atoms with van der Waals surface area (Å²) in [5.74, 6) is -0.907. The van der Waals surface area contributed by atoms with E-state index in [0.717, 1.165) is 24.8 Å². The predicted molar refractivity (Wildman–Crippen MR) is 168 cm³/mol. The van der Waals surface area contributed by atoms with Gasteiger partial charge in [0.15, 0.2) is 0 Å². The first-order valence-corrected chi connectivity index (χ1v) is 15.7. The highest BCUT2D eigenvalue weighted by Crippen LogP contribution is 2.46. The van der Waals surface area contributed by atoms with Gasteiger partial charge in [-0.2, -0.15) is 0 Å². The Labute approximate surface area is 253 Å². The van der Waals surface area contributed by atoms with Crippen LogP contribution in [0.1, 0.15) is 64.9 Å². The number of nitrogens with one attached hydrogen (secondary N) is 2. The first kappa shape index (κ1) is 31.7. The molecule has 10 nitrogen and oxygen atoms in total. The van der Waals surface area contributed by atoms with Crippen LogP contribution in [0.3, 0.4) is 0 Å². The number of carbonyl (C=O) groups is 2. The molecule has 1 aliphatic carbocycles. The zero-order valence-electron chi connectivity index (χ0n) is 24.7. The van der Waals surface area contributed by atoms with Crippen LogP contribution in [0.15, 0.2) is 77.7 Å². The van der Waals surface area contributed by atoms with Crippen LogP contribution in [-0.2, 0) is 19.6 Å². The second-order valence-electron chi connectivity index (χ2n) is 12.0. The molecular weight excluding hydrogens is 566 g/mol. The van der Waals surface area contributed by atoms with Gasteiger partial charge in [-0.05, 0) is 63.4 Å². The van der Waals surface area contributed by atoms with Gasteiger partial charge in [0, 0.05) is 28.0 Å². The van der Waals surface area contributed by atoms with Gasteiger partial charge >= 0.3 is 12.1 Å². The molecule has 3 aromatic carbocycles. The third-order valence-electron chi connectivity index (χ3n) is 7.40. The monoisotopic (exact) mass is 605 g/mol. The normalized spacial score (nSPS) is 15.0. The Balaban J connectivity index is 2.00. The van der Waals surface area contributed by atoms with Gasteiger partial charge in [-0.3, -0.25) is 10.2 Å². The van der Waals surface area contributed by atoms with Crippen LogP contribution in [0.4, 0.5) is 16.2 Å². The highest BCUT2D eigenvalue weighted by Gasteiger charge is 2.42. The van der Waals surface area contributed by atoms with Gasteiger partial charge in [0.25, 0.3) is 0 Å². The third-order valence-corrected chi connectivity index (χ3v) is 9.20. The van der Waals surface area contributed by atoms with Gasteiger partial charge in [-0.15, -0.1) is 0 Å². The fourth-order valence-electron chi connectivity index (χ4n) is 5.80. The lowest BCUT2D eigenvalue weighted by molar-refractivity contribution is -0.138. The summed E-state index contributed by atoms with van der Waals surface area (Å²) in [6, 6.07) is 21.5. The molecule has 43 heavy (non-hydrogen) atoms. The number of amidine groups is 1. The number of esters is 1. The minimum absolute atomic E-state index is 0.0736. The number of sulfonamides is 1. The average molecular weight is 606 g/mol. The van der Waals surface area contributed by atoms with Crippen molar-refractivity contribution in [2.75, 3.05) is 4.90 Å². The molecule has 1 saturated carbocycles. The summed E-state index contributed by atoms with van der Waals surface area (Å²) >= 11 is 0. The molecule has 0 bridgehead atoms. The number of ether oxygens (including phenoxy) is 1. The first-order chi connectivity index (χ1) is 20.2. The fourth-order valence-corrected chi connectivity index (χ4v) is 7.47. The Bertz CT molecular complexity index is 1610. The van der Waals surface area contributed by atoms with E-state index in [0.29, 0.717) is 35.3 Å². The summed E-state index contributed by atoms with van der Waals surface area (Å²) in [5, 5.41) is 8.03. The van der Waals surface area contributed by atoms with E-state index >= 15 is 0 Å². The lowest BCUT2D eigenvalue weighted by Gasteiger charge is -2.47. The number of hydrogen-bond acceptors (Lipinski definition) is 7. The van der Waals surface area contributed by atoms with E-state index in [9.17, 15) is 18.0 Å². The summed E-state index contributed by atoms with van der Waals surface area (Å²) < 4.78 is 35.5. The van der Waals surface area contributed by atoms with Crippen LogP contribution in [0.25, 0.3) is 11.1 Å². The first-order valence-electron chi connectivity index (χ1n) is 14.2. The lowest BCUT2D eigenvalue weighted by atomic mass is 9.77. The molecule has 0 aliphatic heterocycles. The Morgan fingerprint density at radius 3 is 2.19 bits per heavy atom. The molecule has 1 amide bonds. The van der Waals surface area contributed by atoms with E-state index in [1.54, 1.807) is 51.1 Å². The predicted octanol–water partition coefficient (Wildman–Crippen LogP) is 5.57. The highest BCUT2D eigenvalue weighted by molar-refractivity contribution is 7.89. The molecule has 0 saturated heterocycles. The van der Waals surface area contributed by atoms with Gasteiger partial charge in [0.2, 0.25) is 10.0 Å². The second kappa shape index (κ2) is 12.6. The zero-order chi connectivity index (χ0) is 31.4. The van der Waals surface area contributed by atoms with Crippen molar-refractivity contribution in [3.05, 3.63) is 78.4 Å². The van der Waals surface area contributed by atoms with E-state index in [1.807, 2.05) is 47.4 Å². The summed E-state index contributed by atoms with van der Waals surface area (Å²) in [5.41, 5.74) is 12.2. The lowest BCUT2D eigenvalue weighted by Crippen LogP contribution is -2.50. The summed E-state index contributed by atoms with van der Waals surface area (Å²) in [6.07, 6.45) is 2.33. The molecule has 0 aromatic heterocycles. The second-order valence-corrected chi connectivity index (χ2v) is 13.6. The minimum Gasteiger partial charge on any atom is -0.384 e. The molecule has 228 valence electrons. The molecule has 0 unspecified atom stereocenters. The number of anilines is 2. The molecule has 4 rings (SSSR count). The van der Waals surface area contributed by atoms with E-state index in [4.69, 9.17) is 21.6 Å². The van der Waals surface area contributed by atoms with Crippen molar-refractivity contribution in [1.29, 1.82) is 5.41 Å². The van der Waals surface area contributed by atoms with E-state index < -0.39 is 33.2 Å². The molecule has 0 radical (unpaired) electrons. The zero-order valence-corrected chi connectivity index (χ0v) is 25.5. The Morgan fingerprint density at radius 2 is 1.58 bits per heavy atom. The van der Waals surface area contributed by atoms with Gasteiger partial charge in [-0.1, -0.05) is 67.8 Å². The molecule has 11 heteroatoms. The number of rotatable bonds is 9. The summed E-state index contributed by atoms with van der Waals surface area (Å²) in [7, 11) is -4.03. The summed E-state index contributed by atoms with van der Waals surface area (Å²) in [6.45, 7) is 5.33. The number of primary amides is 1. The molecule has 1 fully saturated rings. The highest BCUT2D eigenvalue weighted by atomic mass is 32.2. The van der Waals surface area contributed by atoms with Crippen LogP contribution in [0.5, 0.6) is 0 Å². The molecule has 6 N–H and O–H groups in total. The topological polar surface area (TPSA) is 169 Å². The van der Waals surface area contributed by atoms with Crippen molar-refractivity contribution in [3.8, 4) is 11.1 Å². The summed E-state index contributed by atoms with van der Waals surface area (Å²) in [4.78, 5) is 26.5. The van der Waals surface area contributed by atoms with Crippen molar-refractivity contribution in [1.82, 2.24) is 4.72 Å². The van der Waals surface area contributed by atoms with Gasteiger partial charge in [0.05, 0.1) is 16.9 Å². The smallest absolute Gasteiger partial charge is 0.384 e. The Hall–Kier alpha value is -4.22. The number of hydrogen-bond donors (Lipinski definition) is 4. The van der Waals surface area contributed by atoms with Crippen molar-refractivity contribution in [2.45, 2.75) is 75.3 Å². The number of amides is 1. The molecule has 3 aromatic rings. The van der Waals surface area contributed by atoms with E-state index in [2.05, 4.69) is 4.72 Å². The molecule has 0 heterocycles. The standard InChI is InChI=1S/C32H39N5O5S/c1-31(2,3)36-43(40,41)27-20-25(15-16-26(27)22-11-6-4-7-12-22)37(24-14-10-13-23(19-24)29(33)34)32(17-8-5-9-18-32)21-28(38)42-30(35)39/h4,6-7,10-16,19-20,36H,5,8-9,17-18,21H2,1-3H3,(H3,33,34)(H2,35,39). The Morgan fingerprint density at radius 1 is 0.930 bits per heavy atom. The molecule has 0 spiro atoms. The largest absolute Gasteiger partial charge is 0.412 e. The fraction of sp³-hybridized carbons (Fsp3) is 0.344. The van der Waals surface area contributed by atoms with Crippen LogP contribution in [0, 0.1) is 5.41 Å². The average Bonchev–Trinajstić information content (AvgIpc) is 2.92. The van der Waals surface area contributed by atoms with Crippen molar-refractivity contribution in [3.63, 3.8) is 0 Å². The van der Waals surface area contributed by atoms with Gasteiger partial charge < -0.3 is 21.1 Å². The van der Waals surface area contributed by atoms with Crippen LogP contribution in [-0.4, -0.2) is 37.4 Å². The van der Waals surface area contributed by atoms with Crippen LogP contribution < -0.4 is 21.1 Å². The number of nitrogens with zero attached hydrogens (tertiary/aromatic N) is 1. The van der Waals surface area contributed by atoms with Crippen molar-refractivity contribution >= 4 is 39.3 Å². The number of carbonyl (C=O) groups excluding carboxylic acids is 2. The number of nitrogens with two attached hydrogens (primary N) is 2. The quantitative estimate of drug-likeness (QED) is 0.107. The third kappa shape index (κ3) is 7.60. The maximum absolute atomic E-state index is 14.0. The van der Waals surface area contributed by atoms with E-state index in [-0.39, 0.29) is 17.2 Å². The van der Waals surface area contributed by atoms with Crippen molar-refractivity contribution in [2.24, 2.45) is 11.5 Å². The van der Waals surface area contributed by atoms with Crippen LogP contribution >= 0.6 is 0 Å². The Kier molecular flexibility index (Phi) is 9.26. The van der Waals surface area contributed by atoms with Gasteiger partial charge in [0.1, 0.15) is 5.84 Å². The van der Waals surface area contributed by atoms with Gasteiger partial charge in [-0.25, -0.2) is 17.9 Å². The number of benzene rings is 3.